The second-order valence-corrected chi connectivity index (χ2v) is 5.18. The number of hydrogen-bond donors (Lipinski definition) is 1. The maximum absolute atomic E-state index is 12.6. The number of aromatic amines is 1. The zero-order chi connectivity index (χ0) is 14.8. The molecule has 0 unspecified atom stereocenters. The summed E-state index contributed by atoms with van der Waals surface area (Å²) in [6.45, 7) is 2.57. The van der Waals surface area contributed by atoms with Gasteiger partial charge in [0, 0.05) is 30.3 Å². The van der Waals surface area contributed by atoms with Gasteiger partial charge in [-0.25, -0.2) is 9.78 Å². The zero-order valence-electron chi connectivity index (χ0n) is 11.7. The van der Waals surface area contributed by atoms with Crippen molar-refractivity contribution in [3.63, 3.8) is 0 Å². The van der Waals surface area contributed by atoms with Crippen molar-refractivity contribution in [3.05, 3.63) is 58.0 Å². The predicted molar refractivity (Wildman–Crippen MR) is 76.8 cm³/mol. The first kappa shape index (κ1) is 13.5. The zero-order valence-corrected chi connectivity index (χ0v) is 11.7. The summed E-state index contributed by atoms with van der Waals surface area (Å²) in [6.07, 6.45) is 4.83. The van der Waals surface area contributed by atoms with Crippen LogP contribution in [0.15, 0.2) is 35.4 Å². The van der Waals surface area contributed by atoms with E-state index < -0.39 is 0 Å². The number of likely N-dealkylation sites (tertiary alicyclic amines) is 1. The minimum atomic E-state index is -0.385. The van der Waals surface area contributed by atoms with Gasteiger partial charge in [-0.05, 0) is 38.0 Å². The Kier molecular flexibility index (Phi) is 3.51. The fraction of sp³-hybridized carbons (Fsp3) is 0.333. The number of pyridine rings is 1. The Morgan fingerprint density at radius 1 is 1.33 bits per heavy atom. The van der Waals surface area contributed by atoms with Gasteiger partial charge in [0.15, 0.2) is 0 Å². The van der Waals surface area contributed by atoms with Crippen LogP contribution < -0.4 is 5.69 Å². The Balaban J connectivity index is 1.88. The Morgan fingerprint density at radius 3 is 2.90 bits per heavy atom. The second-order valence-electron chi connectivity index (χ2n) is 5.18. The van der Waals surface area contributed by atoms with E-state index in [1.165, 1.54) is 6.20 Å². The van der Waals surface area contributed by atoms with Crippen LogP contribution in [0.4, 0.5) is 0 Å². The smallest absolute Gasteiger partial charge is 0.330 e. The fourth-order valence-corrected chi connectivity index (χ4v) is 2.67. The van der Waals surface area contributed by atoms with E-state index >= 15 is 0 Å². The average molecular weight is 284 g/mol. The van der Waals surface area contributed by atoms with Gasteiger partial charge in [-0.1, -0.05) is 0 Å². The normalized spacial score (nSPS) is 18.0. The molecule has 0 spiro atoms. The number of carbonyl (C=O) groups excluding carboxylic acids is 1. The molecule has 6 nitrogen and oxygen atoms in total. The van der Waals surface area contributed by atoms with Crippen molar-refractivity contribution in [1.29, 1.82) is 0 Å². The van der Waals surface area contributed by atoms with E-state index in [4.69, 9.17) is 0 Å². The highest BCUT2D eigenvalue weighted by molar-refractivity contribution is 5.94. The van der Waals surface area contributed by atoms with Gasteiger partial charge < -0.3 is 9.88 Å². The van der Waals surface area contributed by atoms with Crippen LogP contribution in [-0.2, 0) is 0 Å². The van der Waals surface area contributed by atoms with Crippen molar-refractivity contribution in [2.24, 2.45) is 0 Å². The highest BCUT2D eigenvalue weighted by atomic mass is 16.2. The Morgan fingerprint density at radius 2 is 2.19 bits per heavy atom. The van der Waals surface area contributed by atoms with E-state index in [-0.39, 0.29) is 17.6 Å². The molecule has 1 saturated heterocycles. The summed E-state index contributed by atoms with van der Waals surface area (Å²) in [7, 11) is 0. The molecule has 0 aromatic carbocycles. The lowest BCUT2D eigenvalue weighted by atomic mass is 10.1. The van der Waals surface area contributed by atoms with Crippen molar-refractivity contribution in [3.8, 4) is 0 Å². The number of nitrogens with zero attached hydrogens (tertiary/aromatic N) is 3. The molecule has 6 heteroatoms. The number of hydrogen-bond acceptors (Lipinski definition) is 4. The monoisotopic (exact) mass is 284 g/mol. The van der Waals surface area contributed by atoms with Gasteiger partial charge in [0.2, 0.25) is 0 Å². The van der Waals surface area contributed by atoms with Gasteiger partial charge >= 0.3 is 5.69 Å². The van der Waals surface area contributed by atoms with Gasteiger partial charge in [-0.3, -0.25) is 9.78 Å². The Labute approximate surface area is 121 Å². The molecule has 0 bridgehead atoms. The molecule has 3 heterocycles. The van der Waals surface area contributed by atoms with Crippen molar-refractivity contribution in [2.75, 3.05) is 6.54 Å². The number of nitrogens with one attached hydrogen (secondary N) is 1. The molecule has 3 rings (SSSR count). The predicted octanol–water partition coefficient (Wildman–Crippen LogP) is 1.45. The lowest BCUT2D eigenvalue weighted by molar-refractivity contribution is 0.0732. The number of H-pyrrole nitrogens is 1. The molecule has 1 aliphatic rings. The summed E-state index contributed by atoms with van der Waals surface area (Å²) < 4.78 is 0. The molecule has 0 aliphatic carbocycles. The number of aryl methyl sites for hydroxylation is 1. The maximum Gasteiger partial charge on any atom is 0.345 e. The third-order valence-corrected chi connectivity index (χ3v) is 3.73. The van der Waals surface area contributed by atoms with Crippen LogP contribution in [0, 0.1) is 6.92 Å². The van der Waals surface area contributed by atoms with Crippen molar-refractivity contribution in [2.45, 2.75) is 25.8 Å². The number of aromatic nitrogens is 3. The molecular formula is C15H16N4O2. The van der Waals surface area contributed by atoms with Crippen LogP contribution in [0.3, 0.4) is 0 Å². The summed E-state index contributed by atoms with van der Waals surface area (Å²) in [5, 5.41) is 0. The molecule has 108 valence electrons. The molecule has 1 atom stereocenters. The van der Waals surface area contributed by atoms with Crippen molar-refractivity contribution in [1.82, 2.24) is 19.9 Å². The second kappa shape index (κ2) is 5.47. The maximum atomic E-state index is 12.6. The third kappa shape index (κ3) is 2.69. The standard InChI is InChI=1S/C15H16N4O2/c1-10-4-5-11(9-17-10)14(20)19-8-2-3-13(19)12-6-7-16-15(21)18-12/h4-7,9,13H,2-3,8H2,1H3,(H,16,18,21)/t13-/m0/s1. The van der Waals surface area contributed by atoms with E-state index in [1.54, 1.807) is 23.2 Å². The summed E-state index contributed by atoms with van der Waals surface area (Å²) in [5.74, 6) is -0.0531. The largest absolute Gasteiger partial charge is 0.345 e. The van der Waals surface area contributed by atoms with Crippen molar-refractivity contribution >= 4 is 5.91 Å². The fourth-order valence-electron chi connectivity index (χ4n) is 2.67. The van der Waals surface area contributed by atoms with E-state index in [9.17, 15) is 9.59 Å². The van der Waals surface area contributed by atoms with Gasteiger partial charge in [-0.2, -0.15) is 0 Å². The first-order chi connectivity index (χ1) is 10.1. The summed E-state index contributed by atoms with van der Waals surface area (Å²) in [4.78, 5) is 36.3. The first-order valence-corrected chi connectivity index (χ1v) is 6.94. The third-order valence-electron chi connectivity index (χ3n) is 3.73. The van der Waals surface area contributed by atoms with Gasteiger partial charge in [-0.15, -0.1) is 0 Å². The van der Waals surface area contributed by atoms with Crippen LogP contribution in [0.5, 0.6) is 0 Å². The quantitative estimate of drug-likeness (QED) is 0.905. The highest BCUT2D eigenvalue weighted by Gasteiger charge is 2.31. The van der Waals surface area contributed by atoms with Crippen LogP contribution >= 0.6 is 0 Å². The SMILES string of the molecule is Cc1ccc(C(=O)N2CCC[C@H]2c2ccnc(=O)[nH]2)cn1. The number of amides is 1. The number of rotatable bonds is 2. The van der Waals surface area contributed by atoms with E-state index in [2.05, 4.69) is 15.0 Å². The Hall–Kier alpha value is -2.50. The van der Waals surface area contributed by atoms with E-state index in [0.717, 1.165) is 24.2 Å². The minimum absolute atomic E-state index is 0.0531. The lowest BCUT2D eigenvalue weighted by Crippen LogP contribution is -2.32. The molecule has 21 heavy (non-hydrogen) atoms. The molecule has 1 amide bonds. The Bertz CT molecular complexity index is 708. The molecule has 0 radical (unpaired) electrons. The van der Waals surface area contributed by atoms with Crippen LogP contribution in [0.1, 0.15) is 40.6 Å². The summed E-state index contributed by atoms with van der Waals surface area (Å²) >= 11 is 0. The molecule has 2 aromatic rings. The average Bonchev–Trinajstić information content (AvgIpc) is 2.97. The van der Waals surface area contributed by atoms with E-state index in [1.807, 2.05) is 13.0 Å². The van der Waals surface area contributed by atoms with E-state index in [0.29, 0.717) is 12.1 Å². The first-order valence-electron chi connectivity index (χ1n) is 6.94. The van der Waals surface area contributed by atoms with Crippen LogP contribution in [0.25, 0.3) is 0 Å². The number of carbonyl (C=O) groups is 1. The summed E-state index contributed by atoms with van der Waals surface area (Å²) in [6, 6.07) is 5.27. The molecule has 2 aromatic heterocycles. The minimum Gasteiger partial charge on any atom is -0.330 e. The molecule has 1 aliphatic heterocycles. The van der Waals surface area contributed by atoms with Crippen LogP contribution in [0.2, 0.25) is 0 Å². The lowest BCUT2D eigenvalue weighted by Gasteiger charge is -2.24. The van der Waals surface area contributed by atoms with Crippen molar-refractivity contribution < 1.29 is 4.79 Å². The molecule has 0 saturated carbocycles. The molecular weight excluding hydrogens is 268 g/mol. The molecule has 1 fully saturated rings. The van der Waals surface area contributed by atoms with Gasteiger partial charge in [0.25, 0.3) is 5.91 Å². The molecule has 1 N–H and O–H groups in total. The topological polar surface area (TPSA) is 79.0 Å². The van der Waals surface area contributed by atoms with Gasteiger partial charge in [0.05, 0.1) is 11.6 Å². The van der Waals surface area contributed by atoms with Gasteiger partial charge in [0.1, 0.15) is 0 Å². The summed E-state index contributed by atoms with van der Waals surface area (Å²) in [5.41, 5.74) is 1.80. The van der Waals surface area contributed by atoms with Crippen LogP contribution in [-0.4, -0.2) is 32.3 Å². The highest BCUT2D eigenvalue weighted by Crippen LogP contribution is 2.31.